The van der Waals surface area contributed by atoms with E-state index in [1.165, 1.54) is 11.1 Å². The average molecular weight is 346 g/mol. The predicted octanol–water partition coefficient (Wildman–Crippen LogP) is 5.52. The minimum atomic E-state index is 0. The molecule has 0 spiro atoms. The number of hydrogen-bond donors (Lipinski definition) is 0. The molecule has 1 aliphatic carbocycles. The molecule has 0 aromatic heterocycles. The fourth-order valence-corrected chi connectivity index (χ4v) is 3.05. The molecule has 0 saturated heterocycles. The van der Waals surface area contributed by atoms with Gasteiger partial charge in [-0.15, -0.1) is 31.2 Å². The largest absolute Gasteiger partial charge is 0.269 e. The summed E-state index contributed by atoms with van der Waals surface area (Å²) < 4.78 is 0. The molecule has 1 unspecified atom stereocenters. The van der Waals surface area contributed by atoms with Crippen LogP contribution < -0.4 is 0 Å². The van der Waals surface area contributed by atoms with Crippen molar-refractivity contribution in [3.8, 4) is 0 Å². The molecular weight excluding hydrogens is 323 g/mol. The first-order chi connectivity index (χ1) is 8.21. The van der Waals surface area contributed by atoms with Crippen molar-refractivity contribution in [2.45, 2.75) is 39.0 Å². The molecule has 20 heavy (non-hydrogen) atoms. The number of rotatable bonds is 4. The number of allylic oxidation sites excluding steroid dienone is 4. The van der Waals surface area contributed by atoms with Gasteiger partial charge in [0.15, 0.2) is 0 Å². The summed E-state index contributed by atoms with van der Waals surface area (Å²) in [5, 5.41) is 0. The molecule has 0 amide bonds. The maximum atomic E-state index is 3.53. The van der Waals surface area contributed by atoms with E-state index in [-0.39, 0.29) is 51.9 Å². The van der Waals surface area contributed by atoms with Gasteiger partial charge in [-0.05, 0) is 23.3 Å². The molecule has 0 heterocycles. The van der Waals surface area contributed by atoms with Gasteiger partial charge in [0.25, 0.3) is 0 Å². The maximum absolute atomic E-state index is 3.53. The first-order valence-electron chi connectivity index (χ1n) is 6.55. The van der Waals surface area contributed by atoms with Crippen LogP contribution in [0.1, 0.15) is 39.2 Å². The Morgan fingerprint density at radius 1 is 1.15 bits per heavy atom. The van der Waals surface area contributed by atoms with Gasteiger partial charge in [-0.25, -0.2) is 11.6 Å². The number of hydrogen-bond acceptors (Lipinski definition) is 0. The summed E-state index contributed by atoms with van der Waals surface area (Å²) in [5.74, 6) is 0.583. The van der Waals surface area contributed by atoms with Crippen molar-refractivity contribution >= 4 is 24.8 Å². The Hall–Kier alpha value is -0.00571. The zero-order valence-corrected chi connectivity index (χ0v) is 15.5. The van der Waals surface area contributed by atoms with Gasteiger partial charge in [0.1, 0.15) is 0 Å². The van der Waals surface area contributed by atoms with E-state index in [0.717, 1.165) is 12.8 Å². The van der Waals surface area contributed by atoms with Crippen molar-refractivity contribution in [2.75, 3.05) is 0 Å². The van der Waals surface area contributed by atoms with Crippen LogP contribution >= 0.6 is 24.8 Å². The first-order valence-corrected chi connectivity index (χ1v) is 6.55. The summed E-state index contributed by atoms with van der Waals surface area (Å²) in [6.45, 7) is 6.92. The summed E-state index contributed by atoms with van der Waals surface area (Å²) in [6.07, 6.45) is 10.1. The summed E-state index contributed by atoms with van der Waals surface area (Å²) in [7, 11) is 0. The van der Waals surface area contributed by atoms with E-state index in [2.05, 4.69) is 69.3 Å². The zero-order chi connectivity index (χ0) is 12.3. The van der Waals surface area contributed by atoms with Crippen LogP contribution in [-0.2, 0) is 27.1 Å². The summed E-state index contributed by atoms with van der Waals surface area (Å²) >= 11 is 0. The molecule has 0 aliphatic heterocycles. The van der Waals surface area contributed by atoms with Gasteiger partial charge in [0.05, 0.1) is 0 Å². The van der Waals surface area contributed by atoms with Crippen LogP contribution in [0.3, 0.4) is 0 Å². The molecule has 0 saturated carbocycles. The minimum Gasteiger partial charge on any atom is -0.269 e. The SMILES string of the molecule is CCC(C1=[C-]CC=C1)(c1ccccc1)C(C)C.Cl.Cl.[Ti]. The van der Waals surface area contributed by atoms with Gasteiger partial charge in [0, 0.05) is 21.7 Å². The predicted molar refractivity (Wildman–Crippen MR) is 88.3 cm³/mol. The molecule has 0 nitrogen and oxygen atoms in total. The van der Waals surface area contributed by atoms with Crippen molar-refractivity contribution in [3.63, 3.8) is 0 Å². The van der Waals surface area contributed by atoms with Crippen molar-refractivity contribution in [2.24, 2.45) is 5.92 Å². The molecule has 1 aromatic carbocycles. The Labute approximate surface area is 150 Å². The summed E-state index contributed by atoms with van der Waals surface area (Å²) in [4.78, 5) is 0. The second kappa shape index (κ2) is 9.84. The maximum Gasteiger partial charge on any atom is 0 e. The minimum absolute atomic E-state index is 0. The number of halogens is 2. The van der Waals surface area contributed by atoms with Crippen molar-refractivity contribution in [3.05, 3.63) is 59.7 Å². The molecule has 1 atom stereocenters. The standard InChI is InChI=1S/C17H21.2ClH.Ti/c1-4-17(14(2)3,16-12-8-9-13-16)15-10-6-5-7-11-15;;;/h5-8,10-12,14H,4,9H2,1-3H3;2*1H;/q-1;;;. The van der Waals surface area contributed by atoms with Crippen LogP contribution in [-0.4, -0.2) is 0 Å². The van der Waals surface area contributed by atoms with E-state index in [0.29, 0.717) is 5.92 Å². The summed E-state index contributed by atoms with van der Waals surface area (Å²) in [5.41, 5.74) is 2.93. The van der Waals surface area contributed by atoms with Crippen LogP contribution in [0.5, 0.6) is 0 Å². The normalized spacial score (nSPS) is 15.5. The van der Waals surface area contributed by atoms with E-state index < -0.39 is 0 Å². The molecule has 1 aromatic rings. The Morgan fingerprint density at radius 3 is 2.15 bits per heavy atom. The molecule has 110 valence electrons. The Kier molecular flexibility index (Phi) is 11.0. The Balaban J connectivity index is 0. The second-order valence-corrected chi connectivity index (χ2v) is 5.04. The number of benzene rings is 1. The van der Waals surface area contributed by atoms with E-state index in [9.17, 15) is 0 Å². The van der Waals surface area contributed by atoms with E-state index >= 15 is 0 Å². The van der Waals surface area contributed by atoms with E-state index in [1.807, 2.05) is 0 Å². The molecule has 0 bridgehead atoms. The van der Waals surface area contributed by atoms with Crippen molar-refractivity contribution in [1.29, 1.82) is 0 Å². The van der Waals surface area contributed by atoms with E-state index in [4.69, 9.17) is 0 Å². The first kappa shape index (κ1) is 22.3. The van der Waals surface area contributed by atoms with Crippen LogP contribution in [0.2, 0.25) is 0 Å². The van der Waals surface area contributed by atoms with Crippen LogP contribution in [0.15, 0.2) is 48.1 Å². The Morgan fingerprint density at radius 2 is 1.75 bits per heavy atom. The fraction of sp³-hybridized carbons (Fsp3) is 0.412. The quantitative estimate of drug-likeness (QED) is 0.497. The molecule has 3 heteroatoms. The van der Waals surface area contributed by atoms with Gasteiger partial charge in [-0.1, -0.05) is 51.1 Å². The fourth-order valence-electron chi connectivity index (χ4n) is 3.05. The van der Waals surface area contributed by atoms with Crippen molar-refractivity contribution in [1.82, 2.24) is 0 Å². The molecule has 0 N–H and O–H groups in total. The molecule has 2 rings (SSSR count). The van der Waals surface area contributed by atoms with Crippen LogP contribution in [0.25, 0.3) is 0 Å². The Bertz CT molecular complexity index is 438. The van der Waals surface area contributed by atoms with Gasteiger partial charge in [-0.3, -0.25) is 6.08 Å². The summed E-state index contributed by atoms with van der Waals surface area (Å²) in [6, 6.07) is 10.9. The van der Waals surface area contributed by atoms with Crippen LogP contribution in [0.4, 0.5) is 0 Å². The second-order valence-electron chi connectivity index (χ2n) is 5.04. The van der Waals surface area contributed by atoms with E-state index in [1.54, 1.807) is 0 Å². The van der Waals surface area contributed by atoms with Crippen LogP contribution in [0, 0.1) is 12.0 Å². The topological polar surface area (TPSA) is 0 Å². The third-order valence-electron chi connectivity index (χ3n) is 4.01. The van der Waals surface area contributed by atoms with Gasteiger partial charge < -0.3 is 0 Å². The average Bonchev–Trinajstić information content (AvgIpc) is 2.86. The third-order valence-corrected chi connectivity index (χ3v) is 4.01. The third kappa shape index (κ3) is 4.01. The van der Waals surface area contributed by atoms with Gasteiger partial charge in [0.2, 0.25) is 0 Å². The van der Waals surface area contributed by atoms with Crippen molar-refractivity contribution < 1.29 is 21.7 Å². The monoisotopic (exact) mass is 345 g/mol. The smallest absolute Gasteiger partial charge is 0 e. The zero-order valence-electron chi connectivity index (χ0n) is 12.3. The van der Waals surface area contributed by atoms with Gasteiger partial charge in [-0.2, -0.15) is 6.08 Å². The molecule has 0 radical (unpaired) electrons. The molecular formula is C17H23Cl2Ti-. The van der Waals surface area contributed by atoms with Gasteiger partial charge >= 0.3 is 0 Å². The molecule has 0 fully saturated rings. The molecule has 1 aliphatic rings.